The van der Waals surface area contributed by atoms with E-state index in [2.05, 4.69) is 0 Å². The average molecular weight is 464 g/mol. The van der Waals surface area contributed by atoms with E-state index in [4.69, 9.17) is 17.3 Å². The molecular weight excluding hydrogens is 441 g/mol. The van der Waals surface area contributed by atoms with Crippen LogP contribution < -0.4 is 0 Å². The van der Waals surface area contributed by atoms with Crippen LogP contribution in [0.5, 0.6) is 0 Å². The highest BCUT2D eigenvalue weighted by atomic mass is 32.2. The topological polar surface area (TPSA) is 38.1 Å². The molecule has 2 fully saturated rings. The molecule has 1 amide bonds. The molecule has 2 heterocycles. The van der Waals surface area contributed by atoms with Crippen molar-refractivity contribution in [2.75, 3.05) is 0 Å². The zero-order valence-electron chi connectivity index (χ0n) is 17.4. The molecule has 32 heavy (non-hydrogen) atoms. The van der Waals surface area contributed by atoms with Crippen LogP contribution in [0.2, 0.25) is 0 Å². The Balaban J connectivity index is 1.54. The fourth-order valence-electron chi connectivity index (χ4n) is 4.31. The molecule has 0 N–H and O–H groups in total. The van der Waals surface area contributed by atoms with Gasteiger partial charge in [-0.05, 0) is 55.3 Å². The summed E-state index contributed by atoms with van der Waals surface area (Å²) in [7, 11) is 0. The van der Waals surface area contributed by atoms with Crippen molar-refractivity contribution in [3.8, 4) is 16.9 Å². The number of amides is 1. The maximum atomic E-state index is 13.5. The first kappa shape index (κ1) is 21.1. The van der Waals surface area contributed by atoms with Gasteiger partial charge in [-0.25, -0.2) is 9.07 Å². The van der Waals surface area contributed by atoms with Crippen LogP contribution in [0.4, 0.5) is 4.39 Å². The first-order valence-electron chi connectivity index (χ1n) is 10.8. The van der Waals surface area contributed by atoms with Crippen molar-refractivity contribution in [3.05, 3.63) is 77.1 Å². The highest BCUT2D eigenvalue weighted by Gasteiger charge is 2.37. The van der Waals surface area contributed by atoms with E-state index in [0.717, 1.165) is 42.5 Å². The Bertz CT molecular complexity index is 1180. The number of para-hydroxylation sites is 1. The smallest absolute Gasteiger partial charge is 0.266 e. The van der Waals surface area contributed by atoms with Crippen LogP contribution in [0, 0.1) is 5.82 Å². The van der Waals surface area contributed by atoms with Crippen LogP contribution in [0.25, 0.3) is 23.0 Å². The standard InChI is InChI=1S/C25H22FN3OS2/c26-19-13-11-17(12-14-19)23-18(16-28(27-23)20-7-3-1-4-8-20)15-22-24(30)29(25(31)32-22)21-9-5-2-6-10-21/h1,3-4,7-8,11-16,21H,2,5-6,9-10H2/b22-15+. The van der Waals surface area contributed by atoms with E-state index in [0.29, 0.717) is 14.9 Å². The zero-order valence-corrected chi connectivity index (χ0v) is 19.0. The molecule has 7 heteroatoms. The lowest BCUT2D eigenvalue weighted by Gasteiger charge is -2.29. The molecule has 4 nitrogen and oxygen atoms in total. The monoisotopic (exact) mass is 463 g/mol. The normalized spacial score (nSPS) is 18.7. The van der Waals surface area contributed by atoms with Crippen molar-refractivity contribution in [1.29, 1.82) is 0 Å². The first-order valence-corrected chi connectivity index (χ1v) is 12.0. The van der Waals surface area contributed by atoms with E-state index in [-0.39, 0.29) is 17.8 Å². The highest BCUT2D eigenvalue weighted by molar-refractivity contribution is 8.26. The van der Waals surface area contributed by atoms with Crippen molar-refractivity contribution in [2.24, 2.45) is 0 Å². The van der Waals surface area contributed by atoms with Gasteiger partial charge in [0.05, 0.1) is 16.3 Å². The van der Waals surface area contributed by atoms with Gasteiger partial charge < -0.3 is 0 Å². The predicted molar refractivity (Wildman–Crippen MR) is 131 cm³/mol. The molecule has 5 rings (SSSR count). The second kappa shape index (κ2) is 9.00. The van der Waals surface area contributed by atoms with E-state index in [1.54, 1.807) is 16.8 Å². The van der Waals surface area contributed by atoms with E-state index in [1.165, 1.54) is 30.3 Å². The molecule has 0 radical (unpaired) electrons. The van der Waals surface area contributed by atoms with Gasteiger partial charge in [0.2, 0.25) is 0 Å². The minimum absolute atomic E-state index is 0.0237. The molecule has 0 unspecified atom stereocenters. The maximum absolute atomic E-state index is 13.5. The minimum atomic E-state index is -0.300. The Hall–Kier alpha value is -2.77. The van der Waals surface area contributed by atoms with Gasteiger partial charge in [-0.2, -0.15) is 5.10 Å². The lowest BCUT2D eigenvalue weighted by atomic mass is 9.94. The number of rotatable bonds is 4. The average Bonchev–Trinajstić information content (AvgIpc) is 3.36. The molecule has 0 bridgehead atoms. The van der Waals surface area contributed by atoms with Crippen LogP contribution in [-0.4, -0.2) is 30.9 Å². The molecule has 2 aliphatic rings. The van der Waals surface area contributed by atoms with Crippen molar-refractivity contribution in [1.82, 2.24) is 14.7 Å². The number of carbonyl (C=O) groups excluding carboxylic acids is 1. The fraction of sp³-hybridized carbons (Fsp3) is 0.240. The highest BCUT2D eigenvalue weighted by Crippen LogP contribution is 2.38. The molecular formula is C25H22FN3OS2. The van der Waals surface area contributed by atoms with E-state index in [9.17, 15) is 9.18 Å². The third-order valence-electron chi connectivity index (χ3n) is 5.93. The van der Waals surface area contributed by atoms with Crippen LogP contribution in [0.3, 0.4) is 0 Å². The second-order valence-corrected chi connectivity index (χ2v) is 9.74. The summed E-state index contributed by atoms with van der Waals surface area (Å²) in [6.07, 6.45) is 9.28. The molecule has 0 atom stereocenters. The van der Waals surface area contributed by atoms with E-state index < -0.39 is 0 Å². The number of halogens is 1. The summed E-state index contributed by atoms with van der Waals surface area (Å²) in [6, 6.07) is 16.2. The number of hydrogen-bond donors (Lipinski definition) is 0. The lowest BCUT2D eigenvalue weighted by Crippen LogP contribution is -2.39. The summed E-state index contributed by atoms with van der Waals surface area (Å²) in [5.74, 6) is -0.324. The molecule has 1 aromatic heterocycles. The summed E-state index contributed by atoms with van der Waals surface area (Å²) in [5.41, 5.74) is 3.18. The van der Waals surface area contributed by atoms with Gasteiger partial charge in [0.25, 0.3) is 5.91 Å². The molecule has 162 valence electrons. The number of aromatic nitrogens is 2. The number of thioether (sulfide) groups is 1. The van der Waals surface area contributed by atoms with Crippen molar-refractivity contribution in [3.63, 3.8) is 0 Å². The summed E-state index contributed by atoms with van der Waals surface area (Å²) >= 11 is 6.93. The molecule has 0 spiro atoms. The molecule has 1 aliphatic carbocycles. The largest absolute Gasteiger partial charge is 0.290 e. The third-order valence-corrected chi connectivity index (χ3v) is 7.26. The molecule has 2 aromatic carbocycles. The van der Waals surface area contributed by atoms with Crippen molar-refractivity contribution in [2.45, 2.75) is 38.1 Å². The molecule has 1 saturated heterocycles. The maximum Gasteiger partial charge on any atom is 0.266 e. The number of thiocarbonyl (C=S) groups is 1. The van der Waals surface area contributed by atoms with Gasteiger partial charge in [-0.3, -0.25) is 9.69 Å². The third kappa shape index (κ3) is 4.14. The summed E-state index contributed by atoms with van der Waals surface area (Å²) in [5, 5.41) is 4.76. The number of benzene rings is 2. The van der Waals surface area contributed by atoms with Gasteiger partial charge in [-0.1, -0.05) is 61.4 Å². The fourth-order valence-corrected chi connectivity index (χ4v) is 5.70. The molecule has 1 aliphatic heterocycles. The Morgan fingerprint density at radius 3 is 2.47 bits per heavy atom. The van der Waals surface area contributed by atoms with Gasteiger partial charge >= 0.3 is 0 Å². The summed E-state index contributed by atoms with van der Waals surface area (Å²) in [4.78, 5) is 15.7. The van der Waals surface area contributed by atoms with Gasteiger partial charge in [0.1, 0.15) is 10.1 Å². The lowest BCUT2D eigenvalue weighted by molar-refractivity contribution is -0.124. The van der Waals surface area contributed by atoms with E-state index in [1.807, 2.05) is 47.5 Å². The van der Waals surface area contributed by atoms with Gasteiger partial charge in [0.15, 0.2) is 0 Å². The summed E-state index contributed by atoms with van der Waals surface area (Å²) in [6.45, 7) is 0. The van der Waals surface area contributed by atoms with Crippen LogP contribution in [0.15, 0.2) is 65.7 Å². The molecule has 1 saturated carbocycles. The Kier molecular flexibility index (Phi) is 5.93. The van der Waals surface area contributed by atoms with Crippen molar-refractivity contribution < 1.29 is 9.18 Å². The Labute approximate surface area is 196 Å². The quantitative estimate of drug-likeness (QED) is 0.340. The number of carbonyl (C=O) groups is 1. The second-order valence-electron chi connectivity index (χ2n) is 8.06. The van der Waals surface area contributed by atoms with Crippen LogP contribution in [0.1, 0.15) is 37.7 Å². The van der Waals surface area contributed by atoms with Crippen LogP contribution in [-0.2, 0) is 4.79 Å². The first-order chi connectivity index (χ1) is 15.6. The number of hydrogen-bond acceptors (Lipinski definition) is 4. The zero-order chi connectivity index (χ0) is 22.1. The van der Waals surface area contributed by atoms with E-state index >= 15 is 0 Å². The SMILES string of the molecule is O=C1/C(=C\c2cn(-c3ccccc3)nc2-c2ccc(F)cc2)SC(=S)N1C1CCCCC1. The number of nitrogens with zero attached hydrogens (tertiary/aromatic N) is 3. The van der Waals surface area contributed by atoms with Crippen LogP contribution >= 0.6 is 24.0 Å². The summed E-state index contributed by atoms with van der Waals surface area (Å²) < 4.78 is 15.9. The predicted octanol–water partition coefficient (Wildman–Crippen LogP) is 6.21. The van der Waals surface area contributed by atoms with Crippen molar-refractivity contribution >= 4 is 40.3 Å². The Morgan fingerprint density at radius 1 is 1.03 bits per heavy atom. The van der Waals surface area contributed by atoms with Gasteiger partial charge in [0, 0.05) is 23.4 Å². The minimum Gasteiger partial charge on any atom is -0.290 e. The molecule has 3 aromatic rings. The van der Waals surface area contributed by atoms with Gasteiger partial charge in [-0.15, -0.1) is 0 Å². The Morgan fingerprint density at radius 2 is 1.75 bits per heavy atom.